The average Bonchev–Trinajstić information content (AvgIpc) is 4.01. The van der Waals surface area contributed by atoms with E-state index in [4.69, 9.17) is 13.3 Å². The topological polar surface area (TPSA) is 42.7 Å². The van der Waals surface area contributed by atoms with Crippen LogP contribution in [0.3, 0.4) is 0 Å². The zero-order valence-electron chi connectivity index (χ0n) is 32.2. The second-order valence-corrected chi connectivity index (χ2v) is 15.6. The molecule has 13 aromatic rings. The first-order chi connectivity index (χ1) is 29.7. The van der Waals surface area contributed by atoms with Gasteiger partial charge in [0.2, 0.25) is 0 Å². The molecule has 0 bridgehead atoms. The van der Waals surface area contributed by atoms with E-state index in [1.807, 2.05) is 12.1 Å². The average molecular weight is 768 g/mol. The van der Waals surface area contributed by atoms with Crippen molar-refractivity contribution in [1.29, 1.82) is 0 Å². The summed E-state index contributed by atoms with van der Waals surface area (Å²) in [6.07, 6.45) is 0. The van der Waals surface area contributed by atoms with Crippen LogP contribution in [0.15, 0.2) is 213 Å². The first kappa shape index (κ1) is 32.9. The van der Waals surface area contributed by atoms with Gasteiger partial charge in [-0.1, -0.05) is 127 Å². The monoisotopic (exact) mass is 767 g/mol. The Morgan fingerprint density at radius 1 is 0.283 bits per heavy atom. The van der Waals surface area contributed by atoms with Crippen LogP contribution in [0.1, 0.15) is 0 Å². The minimum Gasteiger partial charge on any atom is -0.456 e. The third-order valence-electron chi connectivity index (χ3n) is 12.3. The Kier molecular flexibility index (Phi) is 6.98. The number of para-hydroxylation sites is 1. The number of rotatable bonds is 5. The number of hydrogen-bond donors (Lipinski definition) is 0. The zero-order valence-corrected chi connectivity index (χ0v) is 32.2. The molecule has 4 heteroatoms. The molecule has 0 aliphatic rings. The van der Waals surface area contributed by atoms with Crippen molar-refractivity contribution in [3.8, 4) is 22.3 Å². The summed E-state index contributed by atoms with van der Waals surface area (Å²) in [6.45, 7) is 0. The Morgan fingerprint density at radius 3 is 1.32 bits per heavy atom. The van der Waals surface area contributed by atoms with Gasteiger partial charge in [-0.15, -0.1) is 0 Å². The predicted octanol–water partition coefficient (Wildman–Crippen LogP) is 16.5. The van der Waals surface area contributed by atoms with E-state index in [0.717, 1.165) is 116 Å². The van der Waals surface area contributed by atoms with Crippen molar-refractivity contribution in [3.05, 3.63) is 200 Å². The molecule has 60 heavy (non-hydrogen) atoms. The van der Waals surface area contributed by atoms with E-state index in [1.165, 1.54) is 10.8 Å². The van der Waals surface area contributed by atoms with Crippen LogP contribution < -0.4 is 4.90 Å². The van der Waals surface area contributed by atoms with Crippen LogP contribution in [-0.4, -0.2) is 0 Å². The molecule has 0 atom stereocenters. The van der Waals surface area contributed by atoms with Gasteiger partial charge < -0.3 is 18.2 Å². The molecule has 0 fully saturated rings. The fourth-order valence-electron chi connectivity index (χ4n) is 9.47. The molecule has 0 saturated heterocycles. The molecule has 0 spiro atoms. The third kappa shape index (κ3) is 4.91. The van der Waals surface area contributed by atoms with Crippen molar-refractivity contribution in [2.75, 3.05) is 4.90 Å². The molecule has 3 heterocycles. The lowest BCUT2D eigenvalue weighted by molar-refractivity contribution is 0.669. The maximum absolute atomic E-state index is 6.54. The molecule has 280 valence electrons. The van der Waals surface area contributed by atoms with Crippen molar-refractivity contribution in [2.45, 2.75) is 0 Å². The van der Waals surface area contributed by atoms with Crippen molar-refractivity contribution in [1.82, 2.24) is 0 Å². The summed E-state index contributed by atoms with van der Waals surface area (Å²) in [6, 6.07) is 70.8. The molecule has 13 rings (SSSR count). The van der Waals surface area contributed by atoms with Crippen LogP contribution in [0.25, 0.3) is 110 Å². The normalized spacial score (nSPS) is 12.0. The molecular weight excluding hydrogens is 735 g/mol. The maximum atomic E-state index is 6.54. The van der Waals surface area contributed by atoms with E-state index >= 15 is 0 Å². The number of fused-ring (bicyclic) bond motifs is 13. The van der Waals surface area contributed by atoms with Gasteiger partial charge in [-0.25, -0.2) is 0 Å². The number of anilines is 3. The Labute approximate surface area is 343 Å². The minimum absolute atomic E-state index is 0.868. The van der Waals surface area contributed by atoms with E-state index in [2.05, 4.69) is 193 Å². The summed E-state index contributed by atoms with van der Waals surface area (Å²) < 4.78 is 19.3. The van der Waals surface area contributed by atoms with Crippen LogP contribution in [0.5, 0.6) is 0 Å². The largest absolute Gasteiger partial charge is 0.456 e. The molecule has 0 unspecified atom stereocenters. The molecule has 4 nitrogen and oxygen atoms in total. The second kappa shape index (κ2) is 12.7. The highest BCUT2D eigenvalue weighted by molar-refractivity contribution is 6.20. The summed E-state index contributed by atoms with van der Waals surface area (Å²) in [7, 11) is 0. The number of hydrogen-bond acceptors (Lipinski definition) is 4. The summed E-state index contributed by atoms with van der Waals surface area (Å²) in [5, 5.41) is 11.3. The van der Waals surface area contributed by atoms with Gasteiger partial charge in [-0.3, -0.25) is 0 Å². The van der Waals surface area contributed by atoms with Crippen molar-refractivity contribution in [2.24, 2.45) is 0 Å². The lowest BCUT2D eigenvalue weighted by atomic mass is 9.97. The van der Waals surface area contributed by atoms with Crippen LogP contribution in [0, 0.1) is 0 Å². The fraction of sp³-hybridized carbons (Fsp3) is 0. The van der Waals surface area contributed by atoms with Gasteiger partial charge in [-0.05, 0) is 106 Å². The first-order valence-electron chi connectivity index (χ1n) is 20.3. The Balaban J connectivity index is 0.946. The quantitative estimate of drug-likeness (QED) is 0.175. The SMILES string of the molecule is c1ccc2c(c1)ccc1c2oc2cccc(-c3ccc(N(c4ccc(-c5cccc6oc7c8ccccc8ccc7c56)cc4)c4ccc5oc6ccccc6c5c4)cc3)c21. The number of nitrogens with zero attached hydrogens (tertiary/aromatic N) is 1. The first-order valence-corrected chi connectivity index (χ1v) is 20.3. The standard InChI is InChI=1S/C56H33NO3/c1-3-11-43-34(9-1)23-30-46-53-41(14-7-17-51(53)59-55(43)46)36-19-25-38(26-20-36)57(40-29-32-50-48(33-40)45-13-5-6-16-49(45)58-50)39-27-21-37(22-28-39)42-15-8-18-52-54(42)47-31-24-35-10-2-4-12-44(35)56(47)60-52/h1-33H. The van der Waals surface area contributed by atoms with Gasteiger partial charge in [0.1, 0.15) is 33.5 Å². The highest BCUT2D eigenvalue weighted by Gasteiger charge is 2.20. The summed E-state index contributed by atoms with van der Waals surface area (Å²) in [4.78, 5) is 2.33. The minimum atomic E-state index is 0.868. The lowest BCUT2D eigenvalue weighted by Crippen LogP contribution is -2.09. The predicted molar refractivity (Wildman–Crippen MR) is 249 cm³/mol. The van der Waals surface area contributed by atoms with Crippen molar-refractivity contribution in [3.63, 3.8) is 0 Å². The van der Waals surface area contributed by atoms with Gasteiger partial charge >= 0.3 is 0 Å². The summed E-state index contributed by atoms with van der Waals surface area (Å²) in [5.41, 5.74) is 13.0. The van der Waals surface area contributed by atoms with E-state index in [1.54, 1.807) is 0 Å². The van der Waals surface area contributed by atoms with E-state index < -0.39 is 0 Å². The molecule has 0 N–H and O–H groups in total. The summed E-state index contributed by atoms with van der Waals surface area (Å²) in [5.74, 6) is 0. The smallest absolute Gasteiger partial charge is 0.143 e. The lowest BCUT2D eigenvalue weighted by Gasteiger charge is -2.26. The zero-order chi connectivity index (χ0) is 39.3. The molecule has 0 radical (unpaired) electrons. The van der Waals surface area contributed by atoms with Gasteiger partial charge in [0.25, 0.3) is 0 Å². The van der Waals surface area contributed by atoms with Crippen molar-refractivity contribution < 1.29 is 13.3 Å². The van der Waals surface area contributed by atoms with Crippen LogP contribution in [0.2, 0.25) is 0 Å². The number of benzene rings is 10. The Morgan fingerprint density at radius 2 is 0.750 bits per heavy atom. The molecule has 0 saturated carbocycles. The highest BCUT2D eigenvalue weighted by atomic mass is 16.3. The van der Waals surface area contributed by atoms with Crippen molar-refractivity contribution >= 4 is 104 Å². The van der Waals surface area contributed by atoms with E-state index in [-0.39, 0.29) is 0 Å². The van der Waals surface area contributed by atoms with Crippen LogP contribution in [-0.2, 0) is 0 Å². The molecule has 3 aromatic heterocycles. The fourth-order valence-corrected chi connectivity index (χ4v) is 9.47. The van der Waals surface area contributed by atoms with Gasteiger partial charge in [0.05, 0.1) is 0 Å². The van der Waals surface area contributed by atoms with E-state index in [0.29, 0.717) is 0 Å². The second-order valence-electron chi connectivity index (χ2n) is 15.6. The molecule has 0 aliphatic carbocycles. The van der Waals surface area contributed by atoms with E-state index in [9.17, 15) is 0 Å². The van der Waals surface area contributed by atoms with Crippen LogP contribution in [0.4, 0.5) is 17.1 Å². The number of furan rings is 3. The van der Waals surface area contributed by atoms with Gasteiger partial charge in [-0.2, -0.15) is 0 Å². The van der Waals surface area contributed by atoms with Gasteiger partial charge in [0, 0.05) is 60.2 Å². The Bertz CT molecular complexity index is 3630. The molecule has 0 amide bonds. The third-order valence-corrected chi connectivity index (χ3v) is 12.3. The highest BCUT2D eigenvalue weighted by Crippen LogP contribution is 2.44. The molecule has 10 aromatic carbocycles. The Hall–Kier alpha value is -8.08. The molecule has 0 aliphatic heterocycles. The maximum Gasteiger partial charge on any atom is 0.143 e. The van der Waals surface area contributed by atoms with Gasteiger partial charge in [0.15, 0.2) is 0 Å². The molecular formula is C56H33NO3. The summed E-state index contributed by atoms with van der Waals surface area (Å²) >= 11 is 0. The van der Waals surface area contributed by atoms with Crippen LogP contribution >= 0.6 is 0 Å².